The monoisotopic (exact) mass is 502 g/mol. The van der Waals surface area contributed by atoms with Crippen LogP contribution in [0, 0.1) is 5.82 Å². The molecule has 1 atom stereocenters. The Morgan fingerprint density at radius 1 is 1.00 bits per heavy atom. The van der Waals surface area contributed by atoms with Crippen LogP contribution in [0.15, 0.2) is 60.7 Å². The number of nitrogens with one attached hydrogen (secondary N) is 1. The molecule has 10 heteroatoms. The Hall–Kier alpha value is -4.08. The SMILES string of the molecule is COc1cc(OC)c2c(c1)C(=O)N(Cc1ccccc1F)C2C(=O)NCc1ccccc1C(F)(F)F. The maximum absolute atomic E-state index is 14.4. The fourth-order valence-corrected chi connectivity index (χ4v) is 4.25. The molecule has 0 radical (unpaired) electrons. The van der Waals surface area contributed by atoms with Crippen LogP contribution in [0.1, 0.15) is 38.7 Å². The summed E-state index contributed by atoms with van der Waals surface area (Å²) in [5.74, 6) is -1.38. The normalized spacial score (nSPS) is 15.0. The van der Waals surface area contributed by atoms with Gasteiger partial charge in [-0.15, -0.1) is 0 Å². The third kappa shape index (κ3) is 4.71. The first-order valence-electron chi connectivity index (χ1n) is 10.9. The van der Waals surface area contributed by atoms with Crippen LogP contribution in [0.5, 0.6) is 11.5 Å². The van der Waals surface area contributed by atoms with Gasteiger partial charge in [-0.05, 0) is 23.8 Å². The third-order valence-corrected chi connectivity index (χ3v) is 5.97. The number of hydrogen-bond donors (Lipinski definition) is 1. The zero-order chi connectivity index (χ0) is 26.0. The predicted molar refractivity (Wildman–Crippen MR) is 122 cm³/mol. The summed E-state index contributed by atoms with van der Waals surface area (Å²) in [5, 5.41) is 2.51. The Kier molecular flexibility index (Phi) is 6.87. The van der Waals surface area contributed by atoms with Crippen molar-refractivity contribution in [2.75, 3.05) is 14.2 Å². The van der Waals surface area contributed by atoms with Gasteiger partial charge in [0.05, 0.1) is 31.9 Å². The fraction of sp³-hybridized carbons (Fsp3) is 0.231. The summed E-state index contributed by atoms with van der Waals surface area (Å²) in [6, 6.07) is 12.4. The number of methoxy groups -OCH3 is 2. The van der Waals surface area contributed by atoms with Gasteiger partial charge in [-0.3, -0.25) is 9.59 Å². The maximum atomic E-state index is 14.4. The van der Waals surface area contributed by atoms with Crippen molar-refractivity contribution in [1.29, 1.82) is 0 Å². The van der Waals surface area contributed by atoms with Crippen molar-refractivity contribution >= 4 is 11.8 Å². The Morgan fingerprint density at radius 3 is 2.31 bits per heavy atom. The van der Waals surface area contributed by atoms with Crippen molar-refractivity contribution in [3.63, 3.8) is 0 Å². The van der Waals surface area contributed by atoms with E-state index in [9.17, 15) is 27.2 Å². The van der Waals surface area contributed by atoms with Crippen molar-refractivity contribution in [2.45, 2.75) is 25.3 Å². The molecule has 0 spiro atoms. The first-order chi connectivity index (χ1) is 17.2. The number of carbonyl (C=O) groups is 2. The molecule has 0 saturated heterocycles. The molecule has 1 aliphatic rings. The lowest BCUT2D eigenvalue weighted by Crippen LogP contribution is -2.39. The molecule has 0 bridgehead atoms. The highest BCUT2D eigenvalue weighted by atomic mass is 19.4. The highest BCUT2D eigenvalue weighted by Gasteiger charge is 2.44. The lowest BCUT2D eigenvalue weighted by Gasteiger charge is -2.26. The van der Waals surface area contributed by atoms with E-state index >= 15 is 0 Å². The zero-order valence-electron chi connectivity index (χ0n) is 19.4. The summed E-state index contributed by atoms with van der Waals surface area (Å²) in [4.78, 5) is 28.0. The Labute approximate surface area is 204 Å². The second-order valence-corrected chi connectivity index (χ2v) is 8.09. The summed E-state index contributed by atoms with van der Waals surface area (Å²) >= 11 is 0. The molecule has 1 unspecified atom stereocenters. The summed E-state index contributed by atoms with van der Waals surface area (Å²) in [6.45, 7) is -0.677. The molecule has 1 aliphatic heterocycles. The minimum atomic E-state index is -4.60. The van der Waals surface area contributed by atoms with E-state index in [1.807, 2.05) is 0 Å². The number of amides is 2. The molecule has 0 aromatic heterocycles. The molecule has 1 heterocycles. The smallest absolute Gasteiger partial charge is 0.416 e. The number of halogens is 4. The van der Waals surface area contributed by atoms with E-state index in [1.54, 1.807) is 6.07 Å². The largest absolute Gasteiger partial charge is 0.497 e. The molecule has 0 saturated carbocycles. The minimum Gasteiger partial charge on any atom is -0.497 e. The number of rotatable bonds is 7. The molecule has 3 aromatic carbocycles. The fourth-order valence-electron chi connectivity index (χ4n) is 4.25. The number of fused-ring (bicyclic) bond motifs is 1. The molecule has 0 fully saturated rings. The van der Waals surface area contributed by atoms with E-state index in [0.29, 0.717) is 5.75 Å². The van der Waals surface area contributed by atoms with Gasteiger partial charge in [0, 0.05) is 23.7 Å². The van der Waals surface area contributed by atoms with Crippen LogP contribution in [0.3, 0.4) is 0 Å². The third-order valence-electron chi connectivity index (χ3n) is 5.97. The van der Waals surface area contributed by atoms with Crippen LogP contribution in [0.25, 0.3) is 0 Å². The first-order valence-corrected chi connectivity index (χ1v) is 10.9. The second kappa shape index (κ2) is 9.88. The Balaban J connectivity index is 1.72. The van der Waals surface area contributed by atoms with Crippen LogP contribution >= 0.6 is 0 Å². The van der Waals surface area contributed by atoms with Gasteiger partial charge in [0.1, 0.15) is 23.4 Å². The van der Waals surface area contributed by atoms with E-state index in [0.717, 1.165) is 11.0 Å². The van der Waals surface area contributed by atoms with E-state index in [1.165, 1.54) is 62.8 Å². The van der Waals surface area contributed by atoms with E-state index < -0.39 is 42.0 Å². The van der Waals surface area contributed by atoms with E-state index in [4.69, 9.17) is 9.47 Å². The number of alkyl halides is 3. The van der Waals surface area contributed by atoms with Crippen LogP contribution in [-0.2, 0) is 24.1 Å². The van der Waals surface area contributed by atoms with Crippen molar-refractivity contribution in [2.24, 2.45) is 0 Å². The van der Waals surface area contributed by atoms with Gasteiger partial charge in [-0.2, -0.15) is 13.2 Å². The number of hydrogen-bond acceptors (Lipinski definition) is 4. The van der Waals surface area contributed by atoms with Crippen molar-refractivity contribution in [1.82, 2.24) is 10.2 Å². The maximum Gasteiger partial charge on any atom is 0.416 e. The molecule has 2 amide bonds. The van der Waals surface area contributed by atoms with Gasteiger partial charge in [0.15, 0.2) is 0 Å². The van der Waals surface area contributed by atoms with Gasteiger partial charge < -0.3 is 19.7 Å². The summed E-state index contributed by atoms with van der Waals surface area (Å²) in [6.07, 6.45) is -4.60. The molecule has 36 heavy (non-hydrogen) atoms. The van der Waals surface area contributed by atoms with Gasteiger partial charge in [-0.25, -0.2) is 4.39 Å². The molecule has 6 nitrogen and oxygen atoms in total. The second-order valence-electron chi connectivity index (χ2n) is 8.09. The number of ether oxygens (including phenoxy) is 2. The van der Waals surface area contributed by atoms with Crippen molar-refractivity contribution in [3.05, 3.63) is 94.3 Å². The number of nitrogens with zero attached hydrogens (tertiary/aromatic N) is 1. The van der Waals surface area contributed by atoms with Crippen molar-refractivity contribution < 1.29 is 36.6 Å². The first kappa shape index (κ1) is 25.0. The lowest BCUT2D eigenvalue weighted by atomic mass is 10.0. The van der Waals surface area contributed by atoms with Crippen LogP contribution in [0.4, 0.5) is 17.6 Å². The highest BCUT2D eigenvalue weighted by Crippen LogP contribution is 2.43. The molecule has 0 aliphatic carbocycles. The van der Waals surface area contributed by atoms with Crippen LogP contribution < -0.4 is 14.8 Å². The summed E-state index contributed by atoms with van der Waals surface area (Å²) in [5.41, 5.74) is -0.492. The summed E-state index contributed by atoms with van der Waals surface area (Å²) in [7, 11) is 2.76. The van der Waals surface area contributed by atoms with Gasteiger partial charge in [-0.1, -0.05) is 36.4 Å². The van der Waals surface area contributed by atoms with Crippen LogP contribution in [-0.4, -0.2) is 30.9 Å². The molecule has 3 aromatic rings. The average Bonchev–Trinajstić information content (AvgIpc) is 3.14. The quantitative estimate of drug-likeness (QED) is 0.468. The molecular weight excluding hydrogens is 480 g/mol. The Bertz CT molecular complexity index is 1310. The number of benzene rings is 3. The van der Waals surface area contributed by atoms with E-state index in [2.05, 4.69) is 5.32 Å². The summed E-state index contributed by atoms with van der Waals surface area (Å²) < 4.78 is 65.3. The van der Waals surface area contributed by atoms with Gasteiger partial charge >= 0.3 is 6.18 Å². The van der Waals surface area contributed by atoms with Gasteiger partial charge in [0.25, 0.3) is 5.91 Å². The van der Waals surface area contributed by atoms with Gasteiger partial charge in [0.2, 0.25) is 5.91 Å². The predicted octanol–water partition coefficient (Wildman–Crippen LogP) is 4.88. The lowest BCUT2D eigenvalue weighted by molar-refractivity contribution is -0.138. The molecular formula is C26H22F4N2O4. The topological polar surface area (TPSA) is 67.9 Å². The number of carbonyl (C=O) groups excluding carboxylic acids is 2. The van der Waals surface area contributed by atoms with Crippen molar-refractivity contribution in [3.8, 4) is 11.5 Å². The average molecular weight is 502 g/mol. The molecule has 188 valence electrons. The molecule has 1 N–H and O–H groups in total. The highest BCUT2D eigenvalue weighted by molar-refractivity contribution is 6.06. The van der Waals surface area contributed by atoms with Crippen LogP contribution in [0.2, 0.25) is 0 Å². The zero-order valence-corrected chi connectivity index (χ0v) is 19.4. The Morgan fingerprint density at radius 2 is 1.67 bits per heavy atom. The minimum absolute atomic E-state index is 0.124. The van der Waals surface area contributed by atoms with E-state index in [-0.39, 0.29) is 34.5 Å². The molecule has 4 rings (SSSR count). The standard InChI is InChI=1S/C26H22F4N2O4/c1-35-17-11-18-22(21(12-17)36-2)23(32(25(18)34)14-16-8-4-6-10-20(16)27)24(33)31-13-15-7-3-5-9-19(15)26(28,29)30/h3-12,23H,13-14H2,1-2H3,(H,31,33).